The van der Waals surface area contributed by atoms with Crippen molar-refractivity contribution >= 4 is 33.6 Å². The van der Waals surface area contributed by atoms with Gasteiger partial charge in [-0.05, 0) is 41.8 Å². The van der Waals surface area contributed by atoms with Crippen molar-refractivity contribution in [2.24, 2.45) is 5.92 Å². The molecule has 0 heterocycles. The lowest BCUT2D eigenvalue weighted by atomic mass is 10.1. The van der Waals surface area contributed by atoms with Crippen molar-refractivity contribution in [1.82, 2.24) is 10.2 Å². The normalized spacial score (nSPS) is 10.5. The Morgan fingerprint density at radius 2 is 1.73 bits per heavy atom. The maximum absolute atomic E-state index is 12.3. The predicted molar refractivity (Wildman–Crippen MR) is 108 cm³/mol. The molecule has 0 saturated carbocycles. The van der Waals surface area contributed by atoms with Crippen molar-refractivity contribution in [2.45, 2.75) is 20.4 Å². The summed E-state index contributed by atoms with van der Waals surface area (Å²) in [5.41, 5.74) is 2.25. The molecule has 0 aliphatic heterocycles. The first-order valence-corrected chi connectivity index (χ1v) is 9.30. The number of halogens is 1. The summed E-state index contributed by atoms with van der Waals surface area (Å²) in [6, 6.07) is 14.5. The molecule has 0 fully saturated rings. The second kappa shape index (κ2) is 9.38. The van der Waals surface area contributed by atoms with Gasteiger partial charge in [-0.15, -0.1) is 0 Å². The van der Waals surface area contributed by atoms with E-state index in [1.807, 2.05) is 38.1 Å². The Hall–Kier alpha value is -2.34. The Labute approximate surface area is 162 Å². The minimum atomic E-state index is -0.210. The summed E-state index contributed by atoms with van der Waals surface area (Å²) < 4.78 is 0.969. The van der Waals surface area contributed by atoms with Gasteiger partial charge in [0.1, 0.15) is 0 Å². The van der Waals surface area contributed by atoms with Crippen LogP contribution in [0.2, 0.25) is 0 Å². The molecule has 0 bridgehead atoms. The van der Waals surface area contributed by atoms with Gasteiger partial charge < -0.3 is 15.5 Å². The lowest BCUT2D eigenvalue weighted by molar-refractivity contribution is 0.0949. The Kier molecular flexibility index (Phi) is 7.21. The number of rotatable bonds is 6. The van der Waals surface area contributed by atoms with Crippen molar-refractivity contribution in [3.63, 3.8) is 0 Å². The van der Waals surface area contributed by atoms with Crippen LogP contribution in [0, 0.1) is 5.92 Å². The summed E-state index contributed by atoms with van der Waals surface area (Å²) in [5.74, 6) is 0.292. The monoisotopic (exact) mass is 417 g/mol. The van der Waals surface area contributed by atoms with Crippen molar-refractivity contribution in [3.05, 3.63) is 64.1 Å². The van der Waals surface area contributed by atoms with Gasteiger partial charge in [-0.1, -0.05) is 48.0 Å². The largest absolute Gasteiger partial charge is 0.352 e. The van der Waals surface area contributed by atoms with E-state index in [1.54, 1.807) is 36.2 Å². The molecule has 2 aromatic rings. The molecule has 2 N–H and O–H groups in total. The average Bonchev–Trinajstić information content (AvgIpc) is 2.62. The highest BCUT2D eigenvalue weighted by Crippen LogP contribution is 2.18. The van der Waals surface area contributed by atoms with E-state index in [0.29, 0.717) is 30.3 Å². The third kappa shape index (κ3) is 5.88. The van der Waals surface area contributed by atoms with E-state index < -0.39 is 0 Å². The summed E-state index contributed by atoms with van der Waals surface area (Å²) >= 11 is 3.49. The zero-order valence-corrected chi connectivity index (χ0v) is 16.8. The number of hydrogen-bond acceptors (Lipinski definition) is 2. The van der Waals surface area contributed by atoms with Crippen LogP contribution in [-0.2, 0) is 6.54 Å². The molecule has 0 spiro atoms. The molecule has 0 aliphatic carbocycles. The van der Waals surface area contributed by atoms with Gasteiger partial charge in [-0.2, -0.15) is 0 Å². The number of anilines is 1. The highest BCUT2D eigenvalue weighted by molar-refractivity contribution is 9.10. The second-order valence-electron chi connectivity index (χ2n) is 6.56. The van der Waals surface area contributed by atoms with Gasteiger partial charge in [0.2, 0.25) is 0 Å². The quantitative estimate of drug-likeness (QED) is 0.726. The molecule has 5 nitrogen and oxygen atoms in total. The molecular weight excluding hydrogens is 394 g/mol. The minimum absolute atomic E-state index is 0.109. The predicted octanol–water partition coefficient (Wildman–Crippen LogP) is 4.50. The first-order chi connectivity index (χ1) is 12.4. The van der Waals surface area contributed by atoms with Gasteiger partial charge in [0, 0.05) is 35.9 Å². The maximum atomic E-state index is 12.3. The molecular formula is C20H24BrN3O2. The number of amides is 3. The second-order valence-corrected chi connectivity index (χ2v) is 7.41. The Balaban J connectivity index is 1.92. The number of benzene rings is 2. The summed E-state index contributed by atoms with van der Waals surface area (Å²) in [6.45, 7) is 5.22. The van der Waals surface area contributed by atoms with Crippen LogP contribution >= 0.6 is 15.9 Å². The van der Waals surface area contributed by atoms with Gasteiger partial charge in [0.05, 0.1) is 0 Å². The summed E-state index contributed by atoms with van der Waals surface area (Å²) in [4.78, 5) is 26.0. The van der Waals surface area contributed by atoms with E-state index in [0.717, 1.165) is 10.0 Å². The number of carbonyl (C=O) groups is 2. The van der Waals surface area contributed by atoms with Crippen molar-refractivity contribution in [3.8, 4) is 0 Å². The molecule has 0 aliphatic rings. The Bertz CT molecular complexity index is 760. The molecule has 2 aromatic carbocycles. The first-order valence-electron chi connectivity index (χ1n) is 8.50. The third-order valence-corrected chi connectivity index (χ3v) is 4.55. The van der Waals surface area contributed by atoms with Crippen LogP contribution < -0.4 is 10.6 Å². The number of urea groups is 1. The van der Waals surface area contributed by atoms with E-state index >= 15 is 0 Å². The van der Waals surface area contributed by atoms with Crippen LogP contribution in [0.15, 0.2) is 53.0 Å². The maximum Gasteiger partial charge on any atom is 0.321 e. The van der Waals surface area contributed by atoms with Crippen LogP contribution in [-0.4, -0.2) is 30.4 Å². The van der Waals surface area contributed by atoms with Crippen molar-refractivity contribution < 1.29 is 9.59 Å². The Morgan fingerprint density at radius 3 is 2.35 bits per heavy atom. The molecule has 0 aromatic heterocycles. The number of hydrogen-bond donors (Lipinski definition) is 2. The lowest BCUT2D eigenvalue weighted by Crippen LogP contribution is -2.31. The first kappa shape index (κ1) is 20.0. The van der Waals surface area contributed by atoms with E-state index in [4.69, 9.17) is 0 Å². The molecule has 0 saturated heterocycles. The smallest absolute Gasteiger partial charge is 0.321 e. The lowest BCUT2D eigenvalue weighted by Gasteiger charge is -2.19. The summed E-state index contributed by atoms with van der Waals surface area (Å²) in [5, 5.41) is 5.71. The average molecular weight is 418 g/mol. The molecule has 138 valence electrons. The third-order valence-electron chi connectivity index (χ3n) is 3.78. The molecule has 0 radical (unpaired) electrons. The van der Waals surface area contributed by atoms with Crippen LogP contribution in [0.3, 0.4) is 0 Å². The molecule has 26 heavy (non-hydrogen) atoms. The molecule has 3 amide bonds. The zero-order chi connectivity index (χ0) is 19.1. The van der Waals surface area contributed by atoms with E-state index in [9.17, 15) is 9.59 Å². The number of nitrogens with one attached hydrogen (secondary N) is 2. The number of nitrogens with zero attached hydrogens (tertiary/aromatic N) is 1. The molecule has 6 heteroatoms. The van der Waals surface area contributed by atoms with Crippen molar-refractivity contribution in [2.75, 3.05) is 18.9 Å². The SMILES string of the molecule is CC(C)CNC(=O)c1ccc(NC(=O)N(C)Cc2ccccc2Br)cc1. The summed E-state index contributed by atoms with van der Waals surface area (Å²) in [7, 11) is 1.74. The van der Waals surface area contributed by atoms with Crippen molar-refractivity contribution in [1.29, 1.82) is 0 Å². The van der Waals surface area contributed by atoms with E-state index in [2.05, 4.69) is 26.6 Å². The standard InChI is InChI=1S/C20H24BrN3O2/c1-14(2)12-22-19(25)15-8-10-17(11-9-15)23-20(26)24(3)13-16-6-4-5-7-18(16)21/h4-11,14H,12-13H2,1-3H3,(H,22,25)(H,23,26). The van der Waals surface area contributed by atoms with Crippen LogP contribution in [0.4, 0.5) is 10.5 Å². The topological polar surface area (TPSA) is 61.4 Å². The fraction of sp³-hybridized carbons (Fsp3) is 0.300. The van der Waals surface area contributed by atoms with Crippen LogP contribution in [0.1, 0.15) is 29.8 Å². The highest BCUT2D eigenvalue weighted by Gasteiger charge is 2.12. The van der Waals surface area contributed by atoms with Gasteiger partial charge >= 0.3 is 6.03 Å². The van der Waals surface area contributed by atoms with Gasteiger partial charge in [0.25, 0.3) is 5.91 Å². The molecule has 0 unspecified atom stereocenters. The van der Waals surface area contributed by atoms with E-state index in [-0.39, 0.29) is 11.9 Å². The highest BCUT2D eigenvalue weighted by atomic mass is 79.9. The van der Waals surface area contributed by atoms with Gasteiger partial charge in [-0.3, -0.25) is 4.79 Å². The van der Waals surface area contributed by atoms with Gasteiger partial charge in [-0.25, -0.2) is 4.79 Å². The molecule has 0 atom stereocenters. The van der Waals surface area contributed by atoms with Gasteiger partial charge in [0.15, 0.2) is 0 Å². The van der Waals surface area contributed by atoms with Crippen LogP contribution in [0.5, 0.6) is 0 Å². The van der Waals surface area contributed by atoms with E-state index in [1.165, 1.54) is 0 Å². The summed E-state index contributed by atoms with van der Waals surface area (Å²) in [6.07, 6.45) is 0. The minimum Gasteiger partial charge on any atom is -0.352 e. The molecule has 2 rings (SSSR count). The fourth-order valence-corrected chi connectivity index (χ4v) is 2.69. The van der Waals surface area contributed by atoms with Crippen LogP contribution in [0.25, 0.3) is 0 Å². The fourth-order valence-electron chi connectivity index (χ4n) is 2.28. The number of carbonyl (C=O) groups excluding carboxylic acids is 2. The Morgan fingerprint density at radius 1 is 1.08 bits per heavy atom. The zero-order valence-electron chi connectivity index (χ0n) is 15.3.